The monoisotopic (exact) mass is 358 g/mol. The third-order valence-corrected chi connectivity index (χ3v) is 6.06. The molecule has 4 unspecified atom stereocenters. The van der Waals surface area contributed by atoms with Gasteiger partial charge in [-0.05, 0) is 45.6 Å². The molecule has 4 aliphatic heterocycles. The van der Waals surface area contributed by atoms with Crippen molar-refractivity contribution in [2.45, 2.75) is 24.9 Å². The molecule has 4 aliphatic rings. The van der Waals surface area contributed by atoms with Gasteiger partial charge in [-0.25, -0.2) is 4.98 Å². The number of pyridine rings is 1. The lowest BCUT2D eigenvalue weighted by Gasteiger charge is -2.36. The van der Waals surface area contributed by atoms with E-state index in [0.717, 1.165) is 57.9 Å². The lowest BCUT2D eigenvalue weighted by atomic mass is 10.1. The molecule has 5 heterocycles. The van der Waals surface area contributed by atoms with Crippen LogP contribution in [0.2, 0.25) is 0 Å². The number of nitrogens with one attached hydrogen (secondary N) is 1. The molecule has 0 aliphatic carbocycles. The van der Waals surface area contributed by atoms with Crippen molar-refractivity contribution < 1.29 is 4.79 Å². The topological polar surface area (TPSA) is 55.0 Å². The van der Waals surface area contributed by atoms with Crippen LogP contribution in [-0.4, -0.2) is 97.6 Å². The molecular weight excluding hydrogens is 328 g/mol. The van der Waals surface area contributed by atoms with Gasteiger partial charge in [-0.15, -0.1) is 0 Å². The van der Waals surface area contributed by atoms with Gasteiger partial charge < -0.3 is 15.1 Å². The van der Waals surface area contributed by atoms with Crippen molar-refractivity contribution >= 4 is 17.4 Å². The van der Waals surface area contributed by atoms with Gasteiger partial charge >= 0.3 is 0 Å². The van der Waals surface area contributed by atoms with Crippen LogP contribution in [0, 0.1) is 0 Å². The highest BCUT2D eigenvalue weighted by Crippen LogP contribution is 2.23. The van der Waals surface area contributed by atoms with Gasteiger partial charge in [-0.1, -0.05) is 0 Å². The van der Waals surface area contributed by atoms with E-state index in [0.29, 0.717) is 11.9 Å². The summed E-state index contributed by atoms with van der Waals surface area (Å²) in [7, 11) is 4.27. The maximum absolute atomic E-state index is 12.7. The minimum absolute atomic E-state index is 0.0489. The maximum atomic E-state index is 12.7. The van der Waals surface area contributed by atoms with Crippen LogP contribution in [-0.2, 0) is 4.79 Å². The first-order valence-corrected chi connectivity index (χ1v) is 9.75. The zero-order valence-electron chi connectivity index (χ0n) is 15.9. The molecule has 26 heavy (non-hydrogen) atoms. The molecule has 7 nitrogen and oxygen atoms in total. The van der Waals surface area contributed by atoms with E-state index in [1.807, 2.05) is 12.3 Å². The molecule has 7 heteroatoms. The van der Waals surface area contributed by atoms with Crippen LogP contribution in [0.15, 0.2) is 18.3 Å². The molecule has 0 spiro atoms. The Kier molecular flexibility index (Phi) is 5.11. The molecule has 4 fully saturated rings. The number of rotatable bonds is 4. The highest BCUT2D eigenvalue weighted by molar-refractivity contribution is 5.94. The molecule has 0 saturated carbocycles. The van der Waals surface area contributed by atoms with Crippen LogP contribution in [0.4, 0.5) is 11.5 Å². The Hall–Kier alpha value is -1.70. The van der Waals surface area contributed by atoms with Gasteiger partial charge in [0.05, 0.1) is 11.9 Å². The number of nitrogens with zero attached hydrogens (tertiary/aromatic N) is 5. The average Bonchev–Trinajstić information content (AvgIpc) is 2.92. The standard InChI is InChI=1S/C19H30N6O/c1-22(2)16-6-9-25(13-16)15-4-5-18(20-12-15)21-19(26)17-14-23-7-3-8-24(17)11-10-23/h4-5,12,16-17H,3,6-11,13-14H2,1-2H3,(H,20,21,26). The number of carbonyl (C=O) groups excluding carboxylic acids is 1. The molecule has 0 aromatic carbocycles. The number of carbonyl (C=O) groups is 1. The second-order valence-corrected chi connectivity index (χ2v) is 7.95. The number of aromatic nitrogens is 1. The number of hydrogen-bond donors (Lipinski definition) is 1. The van der Waals surface area contributed by atoms with Gasteiger partial charge in [-0.2, -0.15) is 0 Å². The van der Waals surface area contributed by atoms with E-state index in [-0.39, 0.29) is 11.9 Å². The summed E-state index contributed by atoms with van der Waals surface area (Å²) in [6, 6.07) is 4.56. The second-order valence-electron chi connectivity index (χ2n) is 7.95. The van der Waals surface area contributed by atoms with Crippen LogP contribution in [0.25, 0.3) is 0 Å². The summed E-state index contributed by atoms with van der Waals surface area (Å²) < 4.78 is 0. The van der Waals surface area contributed by atoms with Crippen LogP contribution < -0.4 is 10.2 Å². The zero-order valence-corrected chi connectivity index (χ0v) is 15.9. The third-order valence-electron chi connectivity index (χ3n) is 6.06. The molecule has 4 atom stereocenters. The van der Waals surface area contributed by atoms with Crippen molar-refractivity contribution in [3.05, 3.63) is 18.3 Å². The summed E-state index contributed by atoms with van der Waals surface area (Å²) in [6.07, 6.45) is 4.22. The third kappa shape index (κ3) is 3.70. The first-order chi connectivity index (χ1) is 12.6. The van der Waals surface area contributed by atoms with E-state index < -0.39 is 0 Å². The molecule has 1 aromatic rings. The lowest BCUT2D eigenvalue weighted by Crippen LogP contribution is -2.55. The molecule has 2 bridgehead atoms. The summed E-state index contributed by atoms with van der Waals surface area (Å²) in [5.41, 5.74) is 1.13. The predicted molar refractivity (Wildman–Crippen MR) is 104 cm³/mol. The Bertz CT molecular complexity index is 629. The second kappa shape index (κ2) is 7.50. The van der Waals surface area contributed by atoms with E-state index in [9.17, 15) is 4.79 Å². The largest absolute Gasteiger partial charge is 0.369 e. The van der Waals surface area contributed by atoms with Gasteiger partial charge in [0, 0.05) is 45.3 Å². The average molecular weight is 358 g/mol. The van der Waals surface area contributed by atoms with Crippen LogP contribution in [0.1, 0.15) is 12.8 Å². The van der Waals surface area contributed by atoms with Crippen LogP contribution >= 0.6 is 0 Å². The predicted octanol–water partition coefficient (Wildman–Crippen LogP) is 0.550. The van der Waals surface area contributed by atoms with Crippen molar-refractivity contribution in [3.63, 3.8) is 0 Å². The Morgan fingerprint density at radius 2 is 2.04 bits per heavy atom. The first-order valence-electron chi connectivity index (χ1n) is 9.75. The van der Waals surface area contributed by atoms with Gasteiger partial charge in [0.1, 0.15) is 11.9 Å². The van der Waals surface area contributed by atoms with E-state index >= 15 is 0 Å². The Balaban J connectivity index is 1.36. The molecule has 5 rings (SSSR count). The van der Waals surface area contributed by atoms with Crippen molar-refractivity contribution in [2.75, 3.05) is 70.1 Å². The highest BCUT2D eigenvalue weighted by Gasteiger charge is 2.34. The zero-order chi connectivity index (χ0) is 18.1. The Morgan fingerprint density at radius 3 is 2.77 bits per heavy atom. The lowest BCUT2D eigenvalue weighted by molar-refractivity contribution is -0.122. The van der Waals surface area contributed by atoms with Crippen LogP contribution in [0.5, 0.6) is 0 Å². The summed E-state index contributed by atoms with van der Waals surface area (Å²) in [5, 5.41) is 3.02. The van der Waals surface area contributed by atoms with Crippen LogP contribution in [0.3, 0.4) is 0 Å². The van der Waals surface area contributed by atoms with Crippen molar-refractivity contribution in [3.8, 4) is 0 Å². The normalized spacial score (nSPS) is 31.3. The molecule has 0 radical (unpaired) electrons. The summed E-state index contributed by atoms with van der Waals surface area (Å²) in [4.78, 5) is 26.6. The summed E-state index contributed by atoms with van der Waals surface area (Å²) in [5.74, 6) is 0.726. The number of piperazine rings is 1. The van der Waals surface area contributed by atoms with E-state index in [1.165, 1.54) is 6.42 Å². The number of amides is 1. The molecule has 1 amide bonds. The molecule has 4 saturated heterocycles. The van der Waals surface area contributed by atoms with Crippen molar-refractivity contribution in [1.29, 1.82) is 0 Å². The van der Waals surface area contributed by atoms with E-state index in [1.54, 1.807) is 0 Å². The number of likely N-dealkylation sites (N-methyl/N-ethyl adjacent to an activating group) is 1. The number of anilines is 2. The Labute approximate surface area is 155 Å². The van der Waals surface area contributed by atoms with Gasteiger partial charge in [0.25, 0.3) is 0 Å². The highest BCUT2D eigenvalue weighted by atomic mass is 16.2. The SMILES string of the molecule is CN(C)C1CCN(c2ccc(NC(=O)C3CN4CCCN3CC4)nc2)C1. The van der Waals surface area contributed by atoms with Gasteiger partial charge in [-0.3, -0.25) is 14.6 Å². The summed E-state index contributed by atoms with van der Waals surface area (Å²) >= 11 is 0. The van der Waals surface area contributed by atoms with Gasteiger partial charge in [0.2, 0.25) is 5.91 Å². The molecule has 142 valence electrons. The quantitative estimate of drug-likeness (QED) is 0.848. The van der Waals surface area contributed by atoms with Gasteiger partial charge in [0.15, 0.2) is 0 Å². The number of fused-ring (bicyclic) bond motifs is 4. The summed E-state index contributed by atoms with van der Waals surface area (Å²) in [6.45, 7) is 7.13. The maximum Gasteiger partial charge on any atom is 0.244 e. The Morgan fingerprint density at radius 1 is 1.15 bits per heavy atom. The van der Waals surface area contributed by atoms with E-state index in [2.05, 4.69) is 50.1 Å². The van der Waals surface area contributed by atoms with E-state index in [4.69, 9.17) is 0 Å². The minimum Gasteiger partial charge on any atom is -0.369 e. The minimum atomic E-state index is -0.0489. The fraction of sp³-hybridized carbons (Fsp3) is 0.684. The fourth-order valence-electron chi connectivity index (χ4n) is 4.35. The number of hydrogen-bond acceptors (Lipinski definition) is 6. The van der Waals surface area contributed by atoms with Crippen molar-refractivity contribution in [2.24, 2.45) is 0 Å². The molecule has 1 N–H and O–H groups in total. The first kappa shape index (κ1) is 17.7. The molecule has 1 aromatic heterocycles. The molecular formula is C19H30N6O. The smallest absolute Gasteiger partial charge is 0.244 e. The fourth-order valence-corrected chi connectivity index (χ4v) is 4.35. The van der Waals surface area contributed by atoms with Crippen molar-refractivity contribution in [1.82, 2.24) is 19.7 Å².